The van der Waals surface area contributed by atoms with Crippen LogP contribution in [0, 0.1) is 0 Å². The van der Waals surface area contributed by atoms with E-state index in [-0.39, 0.29) is 18.7 Å². The molecule has 1 aliphatic rings. The van der Waals surface area contributed by atoms with Crippen LogP contribution < -0.4 is 27.2 Å². The lowest BCUT2D eigenvalue weighted by molar-refractivity contribution is -0.130. The lowest BCUT2D eigenvalue weighted by atomic mass is 10.1. The summed E-state index contributed by atoms with van der Waals surface area (Å²) in [6.45, 7) is 0.856. The number of methoxy groups -OCH3 is 1. The Morgan fingerprint density at radius 2 is 2.09 bits per heavy atom. The van der Waals surface area contributed by atoms with Crippen LogP contribution in [0.25, 0.3) is 0 Å². The van der Waals surface area contributed by atoms with Gasteiger partial charge >= 0.3 is 0 Å². The Balaban J connectivity index is 2.08. The summed E-state index contributed by atoms with van der Waals surface area (Å²) in [6, 6.07) is 7.40. The third-order valence-electron chi connectivity index (χ3n) is 3.52. The quantitative estimate of drug-likeness (QED) is 0.429. The largest absolute Gasteiger partial charge is 0.383 e. The smallest absolute Gasteiger partial charge is 0.248 e. The highest BCUT2D eigenvalue weighted by atomic mass is 16.5. The summed E-state index contributed by atoms with van der Waals surface area (Å²) in [5, 5.41) is 5.54. The fourth-order valence-corrected chi connectivity index (χ4v) is 2.30. The number of carbonyl (C=O) groups excluding carboxylic acids is 2. The zero-order chi connectivity index (χ0) is 16.7. The first-order valence-electron chi connectivity index (χ1n) is 7.50. The van der Waals surface area contributed by atoms with E-state index in [0.717, 1.165) is 13.0 Å². The predicted octanol–water partition coefficient (Wildman–Crippen LogP) is -1.24. The minimum Gasteiger partial charge on any atom is -0.383 e. The maximum absolute atomic E-state index is 12.5. The summed E-state index contributed by atoms with van der Waals surface area (Å²) in [6.07, 6.45) is 0.600. The first-order valence-corrected chi connectivity index (χ1v) is 7.50. The molecule has 8 heteroatoms. The summed E-state index contributed by atoms with van der Waals surface area (Å²) in [7, 11) is 1.47. The molecule has 1 aromatic carbocycles. The van der Waals surface area contributed by atoms with Crippen molar-refractivity contribution in [2.45, 2.75) is 24.7 Å². The number of nitrogens with two attached hydrogens (primary N) is 1. The standard InChI is InChI=1S/C15H23N5O3/c1-23-9-11(16)14(21)19-13(10-5-3-2-4-6-10)15(22)18-12-7-8-17-20-12/h2-6,11-13,17,20H,7-9,16H2,1H3,(H,18,22)(H,19,21). The van der Waals surface area contributed by atoms with E-state index >= 15 is 0 Å². The third-order valence-corrected chi connectivity index (χ3v) is 3.52. The van der Waals surface area contributed by atoms with Crippen LogP contribution in [0.2, 0.25) is 0 Å². The van der Waals surface area contributed by atoms with Crippen molar-refractivity contribution in [2.75, 3.05) is 20.3 Å². The Morgan fingerprint density at radius 3 is 2.70 bits per heavy atom. The van der Waals surface area contributed by atoms with E-state index < -0.39 is 18.0 Å². The van der Waals surface area contributed by atoms with Crippen molar-refractivity contribution in [1.29, 1.82) is 0 Å². The molecule has 2 amide bonds. The number of ether oxygens (including phenoxy) is 1. The van der Waals surface area contributed by atoms with E-state index in [1.165, 1.54) is 7.11 Å². The SMILES string of the molecule is COCC(N)C(=O)NC(C(=O)NC1CCNN1)c1ccccc1. The number of hydrogen-bond acceptors (Lipinski definition) is 6. The van der Waals surface area contributed by atoms with E-state index in [2.05, 4.69) is 21.5 Å². The van der Waals surface area contributed by atoms with Gasteiger partial charge in [0.25, 0.3) is 0 Å². The van der Waals surface area contributed by atoms with Crippen molar-refractivity contribution < 1.29 is 14.3 Å². The highest BCUT2D eigenvalue weighted by Gasteiger charge is 2.27. The van der Waals surface area contributed by atoms with Crippen LogP contribution in [0.4, 0.5) is 0 Å². The van der Waals surface area contributed by atoms with Crippen molar-refractivity contribution >= 4 is 11.8 Å². The van der Waals surface area contributed by atoms with Crippen molar-refractivity contribution in [1.82, 2.24) is 21.5 Å². The van der Waals surface area contributed by atoms with Gasteiger partial charge < -0.3 is 21.1 Å². The average Bonchev–Trinajstić information content (AvgIpc) is 3.06. The molecule has 3 unspecified atom stereocenters. The number of rotatable bonds is 7. The van der Waals surface area contributed by atoms with Crippen LogP contribution in [0.15, 0.2) is 30.3 Å². The zero-order valence-corrected chi connectivity index (χ0v) is 13.0. The maximum atomic E-state index is 12.5. The number of hydrazine groups is 1. The van der Waals surface area contributed by atoms with Crippen molar-refractivity contribution in [3.8, 4) is 0 Å². The van der Waals surface area contributed by atoms with Crippen molar-refractivity contribution in [2.24, 2.45) is 5.73 Å². The number of benzene rings is 1. The molecule has 1 aromatic rings. The lowest BCUT2D eigenvalue weighted by Gasteiger charge is -2.22. The highest BCUT2D eigenvalue weighted by Crippen LogP contribution is 2.13. The van der Waals surface area contributed by atoms with Gasteiger partial charge in [0.1, 0.15) is 12.1 Å². The molecule has 0 bridgehead atoms. The summed E-state index contributed by atoms with van der Waals surface area (Å²) in [5.74, 6) is -0.733. The maximum Gasteiger partial charge on any atom is 0.248 e. The van der Waals surface area contributed by atoms with E-state index in [9.17, 15) is 9.59 Å². The second kappa shape index (κ2) is 8.59. The van der Waals surface area contributed by atoms with E-state index in [0.29, 0.717) is 5.56 Å². The second-order valence-corrected chi connectivity index (χ2v) is 5.34. The van der Waals surface area contributed by atoms with Gasteiger partial charge in [0.15, 0.2) is 0 Å². The van der Waals surface area contributed by atoms with Crippen LogP contribution in [0.3, 0.4) is 0 Å². The summed E-state index contributed by atoms with van der Waals surface area (Å²) in [5.41, 5.74) is 12.3. The topological polar surface area (TPSA) is 118 Å². The van der Waals surface area contributed by atoms with Gasteiger partial charge in [-0.1, -0.05) is 30.3 Å². The van der Waals surface area contributed by atoms with Crippen molar-refractivity contribution in [3.05, 3.63) is 35.9 Å². The molecule has 0 aromatic heterocycles. The summed E-state index contributed by atoms with van der Waals surface area (Å²) >= 11 is 0. The minimum atomic E-state index is -0.828. The number of amides is 2. The number of carbonyl (C=O) groups is 2. The van der Waals surface area contributed by atoms with Crippen molar-refractivity contribution in [3.63, 3.8) is 0 Å². The molecule has 1 heterocycles. The van der Waals surface area contributed by atoms with Crippen LogP contribution in [-0.2, 0) is 14.3 Å². The van der Waals surface area contributed by atoms with Gasteiger partial charge in [-0.25, -0.2) is 5.43 Å². The molecular formula is C15H23N5O3. The zero-order valence-electron chi connectivity index (χ0n) is 13.0. The minimum absolute atomic E-state index is 0.0864. The van der Waals surface area contributed by atoms with Gasteiger partial charge in [0.05, 0.1) is 12.8 Å². The number of hydrogen-bond donors (Lipinski definition) is 5. The third kappa shape index (κ3) is 5.00. The first-order chi connectivity index (χ1) is 11.1. The molecule has 23 heavy (non-hydrogen) atoms. The second-order valence-electron chi connectivity index (χ2n) is 5.34. The van der Waals surface area contributed by atoms with Gasteiger partial charge in [-0.05, 0) is 12.0 Å². The van der Waals surface area contributed by atoms with E-state index in [1.54, 1.807) is 12.1 Å². The molecule has 3 atom stereocenters. The Labute approximate surface area is 135 Å². The Hall–Kier alpha value is -2.00. The molecule has 0 radical (unpaired) electrons. The highest BCUT2D eigenvalue weighted by molar-refractivity contribution is 5.90. The van der Waals surface area contributed by atoms with Crippen LogP contribution >= 0.6 is 0 Å². The fourth-order valence-electron chi connectivity index (χ4n) is 2.30. The Morgan fingerprint density at radius 1 is 1.35 bits per heavy atom. The molecule has 0 saturated carbocycles. The molecule has 1 aliphatic heterocycles. The van der Waals surface area contributed by atoms with E-state index in [1.807, 2.05) is 18.2 Å². The molecular weight excluding hydrogens is 298 g/mol. The fraction of sp³-hybridized carbons (Fsp3) is 0.467. The molecule has 1 fully saturated rings. The van der Waals surface area contributed by atoms with Gasteiger partial charge in [0, 0.05) is 13.7 Å². The van der Waals surface area contributed by atoms with Crippen LogP contribution in [-0.4, -0.2) is 44.3 Å². The predicted molar refractivity (Wildman–Crippen MR) is 84.9 cm³/mol. The lowest BCUT2D eigenvalue weighted by Crippen LogP contribution is -2.52. The molecule has 1 saturated heterocycles. The Bertz CT molecular complexity index is 519. The normalized spacial score (nSPS) is 19.8. The van der Waals surface area contributed by atoms with E-state index in [4.69, 9.17) is 10.5 Å². The Kier molecular flexibility index (Phi) is 6.48. The van der Waals surface area contributed by atoms with Gasteiger partial charge in [-0.15, -0.1) is 0 Å². The molecule has 8 nitrogen and oxygen atoms in total. The van der Waals surface area contributed by atoms with Gasteiger partial charge in [-0.3, -0.25) is 15.0 Å². The molecule has 6 N–H and O–H groups in total. The van der Waals surface area contributed by atoms with Gasteiger partial charge in [0.2, 0.25) is 11.8 Å². The van der Waals surface area contributed by atoms with Crippen LogP contribution in [0.1, 0.15) is 18.0 Å². The monoisotopic (exact) mass is 321 g/mol. The number of nitrogens with one attached hydrogen (secondary N) is 4. The molecule has 126 valence electrons. The summed E-state index contributed by atoms with van der Waals surface area (Å²) in [4.78, 5) is 24.7. The molecule has 2 rings (SSSR count). The van der Waals surface area contributed by atoms with Crippen LogP contribution in [0.5, 0.6) is 0 Å². The first kappa shape index (κ1) is 17.4. The average molecular weight is 321 g/mol. The molecule has 0 aliphatic carbocycles. The molecule has 0 spiro atoms. The van der Waals surface area contributed by atoms with Gasteiger partial charge in [-0.2, -0.15) is 0 Å². The summed E-state index contributed by atoms with van der Waals surface area (Å²) < 4.78 is 4.88.